The van der Waals surface area contributed by atoms with Gasteiger partial charge in [0.1, 0.15) is 5.75 Å². The normalized spacial score (nSPS) is 9.93. The van der Waals surface area contributed by atoms with Crippen molar-refractivity contribution < 1.29 is 14.8 Å². The first-order valence-corrected chi connectivity index (χ1v) is 4.95. The summed E-state index contributed by atoms with van der Waals surface area (Å²) in [5, 5.41) is 19.7. The van der Waals surface area contributed by atoms with Crippen LogP contribution in [-0.2, 0) is 0 Å². The van der Waals surface area contributed by atoms with Crippen LogP contribution in [0.25, 0.3) is 0 Å². The van der Waals surface area contributed by atoms with Crippen LogP contribution in [0.1, 0.15) is 10.4 Å². The van der Waals surface area contributed by atoms with Crippen molar-refractivity contribution in [1.29, 1.82) is 0 Å². The number of nitro groups is 1. The lowest BCUT2D eigenvalue weighted by atomic mass is 10.1. The average molecular weight is 275 g/mol. The maximum atomic E-state index is 11.3. The summed E-state index contributed by atoms with van der Waals surface area (Å²) >= 11 is 2.90. The molecule has 0 aromatic heterocycles. The number of nitro benzene ring substituents is 1. The van der Waals surface area contributed by atoms with Crippen LogP contribution in [0.2, 0.25) is 0 Å². The summed E-state index contributed by atoms with van der Waals surface area (Å²) in [4.78, 5) is 21.2. The van der Waals surface area contributed by atoms with Gasteiger partial charge in [-0.2, -0.15) is 0 Å². The summed E-state index contributed by atoms with van der Waals surface area (Å²) in [6.07, 6.45) is 0. The Hall–Kier alpha value is -1.63. The number of aromatic hydroxyl groups is 1. The van der Waals surface area contributed by atoms with Gasteiger partial charge in [-0.3, -0.25) is 14.9 Å². The highest BCUT2D eigenvalue weighted by molar-refractivity contribution is 9.09. The fraction of sp³-hybridized carbons (Fsp3) is 0.125. The van der Waals surface area contributed by atoms with Crippen molar-refractivity contribution in [1.82, 2.24) is 0 Å². The average Bonchev–Trinajstić information content (AvgIpc) is 2.20. The van der Waals surface area contributed by atoms with Gasteiger partial charge in [0.2, 0.25) is 0 Å². The molecule has 0 aliphatic rings. The number of hydrogen-bond acceptors (Lipinski definition) is 5. The van der Waals surface area contributed by atoms with Crippen molar-refractivity contribution in [2.75, 3.05) is 11.1 Å². The Bertz CT molecular complexity index is 433. The van der Waals surface area contributed by atoms with Crippen LogP contribution in [0.4, 0.5) is 11.4 Å². The molecule has 7 heteroatoms. The molecule has 0 saturated heterocycles. The third-order valence-electron chi connectivity index (χ3n) is 1.76. The molecule has 0 radical (unpaired) electrons. The number of nitrogens with two attached hydrogens (primary N) is 1. The molecule has 0 unspecified atom stereocenters. The van der Waals surface area contributed by atoms with Crippen LogP contribution in [-0.4, -0.2) is 21.1 Å². The van der Waals surface area contributed by atoms with Crippen molar-refractivity contribution in [3.63, 3.8) is 0 Å². The van der Waals surface area contributed by atoms with E-state index in [1.165, 1.54) is 0 Å². The summed E-state index contributed by atoms with van der Waals surface area (Å²) in [5.41, 5.74) is 4.71. The van der Waals surface area contributed by atoms with Crippen molar-refractivity contribution in [2.24, 2.45) is 0 Å². The summed E-state index contributed by atoms with van der Waals surface area (Å²) < 4.78 is 0. The molecule has 0 atom stereocenters. The molecule has 0 aliphatic heterocycles. The Labute approximate surface area is 93.0 Å². The van der Waals surface area contributed by atoms with Gasteiger partial charge in [0.05, 0.1) is 27.6 Å². The van der Waals surface area contributed by atoms with E-state index in [-0.39, 0.29) is 16.6 Å². The first-order valence-electron chi connectivity index (χ1n) is 3.83. The number of benzene rings is 1. The summed E-state index contributed by atoms with van der Waals surface area (Å²) in [5.74, 6) is -0.874. The standard InChI is InChI=1S/C8H7BrN2O4/c9-3-8(13)4-1-5(10)7(12)2-6(4)11(14)15/h1-2,12H,3,10H2. The topological polar surface area (TPSA) is 106 Å². The molecule has 0 spiro atoms. The van der Waals surface area contributed by atoms with Crippen molar-refractivity contribution in [2.45, 2.75) is 0 Å². The number of Topliss-reactive ketones (excluding diaryl/α,β-unsaturated/α-hetero) is 1. The van der Waals surface area contributed by atoms with E-state index in [1.807, 2.05) is 0 Å². The van der Waals surface area contributed by atoms with Gasteiger partial charge < -0.3 is 10.8 Å². The van der Waals surface area contributed by atoms with Gasteiger partial charge in [0, 0.05) is 0 Å². The number of phenolic OH excluding ortho intramolecular Hbond substituents is 1. The SMILES string of the molecule is Nc1cc(C(=O)CBr)c([N+](=O)[O-])cc1O. The van der Waals surface area contributed by atoms with E-state index in [0.29, 0.717) is 0 Å². The predicted octanol–water partition coefficient (Wildman–Crippen LogP) is 1.46. The highest BCUT2D eigenvalue weighted by Gasteiger charge is 2.21. The van der Waals surface area contributed by atoms with Crippen LogP contribution in [0.5, 0.6) is 5.75 Å². The second-order valence-electron chi connectivity index (χ2n) is 2.74. The first kappa shape index (κ1) is 11.4. The Balaban J connectivity index is 3.41. The van der Waals surface area contributed by atoms with E-state index in [0.717, 1.165) is 12.1 Å². The smallest absolute Gasteiger partial charge is 0.284 e. The minimum Gasteiger partial charge on any atom is -0.506 e. The molecular formula is C8H7BrN2O4. The zero-order valence-electron chi connectivity index (χ0n) is 7.44. The largest absolute Gasteiger partial charge is 0.506 e. The van der Waals surface area contributed by atoms with Crippen LogP contribution in [0.3, 0.4) is 0 Å². The molecule has 3 N–H and O–H groups in total. The molecule has 0 aliphatic carbocycles. The maximum absolute atomic E-state index is 11.3. The quantitative estimate of drug-likeness (QED) is 0.217. The molecular weight excluding hydrogens is 268 g/mol. The Morgan fingerprint density at radius 3 is 2.67 bits per heavy atom. The molecule has 1 rings (SSSR count). The highest BCUT2D eigenvalue weighted by atomic mass is 79.9. The van der Waals surface area contributed by atoms with Crippen LogP contribution >= 0.6 is 15.9 Å². The highest BCUT2D eigenvalue weighted by Crippen LogP contribution is 2.30. The number of alkyl halides is 1. The Kier molecular flexibility index (Phi) is 3.25. The van der Waals surface area contributed by atoms with Crippen LogP contribution in [0.15, 0.2) is 12.1 Å². The lowest BCUT2D eigenvalue weighted by molar-refractivity contribution is -0.385. The molecule has 0 saturated carbocycles. The van der Waals surface area contributed by atoms with Crippen molar-refractivity contribution >= 4 is 33.1 Å². The molecule has 0 amide bonds. The minimum atomic E-state index is -0.741. The summed E-state index contributed by atoms with van der Waals surface area (Å²) in [6.45, 7) is 0. The number of hydrogen-bond donors (Lipinski definition) is 2. The maximum Gasteiger partial charge on any atom is 0.284 e. The third-order valence-corrected chi connectivity index (χ3v) is 2.27. The van der Waals surface area contributed by atoms with Gasteiger partial charge in [-0.05, 0) is 6.07 Å². The number of phenols is 1. The molecule has 80 valence electrons. The fourth-order valence-electron chi connectivity index (χ4n) is 1.04. The van der Waals surface area contributed by atoms with E-state index < -0.39 is 22.1 Å². The molecule has 1 aromatic carbocycles. The Morgan fingerprint density at radius 1 is 1.60 bits per heavy atom. The number of carbonyl (C=O) groups excluding carboxylic acids is 1. The van der Waals surface area contributed by atoms with E-state index in [9.17, 15) is 20.0 Å². The van der Waals surface area contributed by atoms with Crippen molar-refractivity contribution in [3.8, 4) is 5.75 Å². The van der Waals surface area contributed by atoms with Gasteiger partial charge in [-0.25, -0.2) is 0 Å². The monoisotopic (exact) mass is 274 g/mol. The lowest BCUT2D eigenvalue weighted by Gasteiger charge is -2.03. The van der Waals surface area contributed by atoms with Crippen molar-refractivity contribution in [3.05, 3.63) is 27.8 Å². The van der Waals surface area contributed by atoms with E-state index >= 15 is 0 Å². The van der Waals surface area contributed by atoms with Crippen LogP contribution in [0, 0.1) is 10.1 Å². The zero-order chi connectivity index (χ0) is 11.6. The molecule has 1 aromatic rings. The Morgan fingerprint density at radius 2 is 2.20 bits per heavy atom. The number of nitrogen functional groups attached to an aromatic ring is 1. The van der Waals surface area contributed by atoms with E-state index in [1.54, 1.807) is 0 Å². The molecule has 0 heterocycles. The van der Waals surface area contributed by atoms with E-state index in [2.05, 4.69) is 15.9 Å². The van der Waals surface area contributed by atoms with E-state index in [4.69, 9.17) is 5.73 Å². The van der Waals surface area contributed by atoms with Crippen LogP contribution < -0.4 is 5.73 Å². The number of carbonyl (C=O) groups is 1. The molecule has 6 nitrogen and oxygen atoms in total. The second kappa shape index (κ2) is 4.26. The minimum absolute atomic E-state index is 0.0436. The van der Waals surface area contributed by atoms with Gasteiger partial charge in [-0.15, -0.1) is 0 Å². The summed E-state index contributed by atoms with van der Waals surface area (Å²) in [6, 6.07) is 1.96. The predicted molar refractivity (Wildman–Crippen MR) is 57.3 cm³/mol. The fourth-order valence-corrected chi connectivity index (χ4v) is 1.34. The lowest BCUT2D eigenvalue weighted by Crippen LogP contribution is -2.06. The number of nitrogens with zero attached hydrogens (tertiary/aromatic N) is 1. The van der Waals surface area contributed by atoms with Gasteiger partial charge in [0.15, 0.2) is 5.78 Å². The second-order valence-corrected chi connectivity index (χ2v) is 3.30. The zero-order valence-corrected chi connectivity index (χ0v) is 9.02. The number of ketones is 1. The van der Waals surface area contributed by atoms with Gasteiger partial charge in [-0.1, -0.05) is 15.9 Å². The van der Waals surface area contributed by atoms with Gasteiger partial charge >= 0.3 is 0 Å². The number of halogens is 1. The molecule has 15 heavy (non-hydrogen) atoms. The number of anilines is 1. The third kappa shape index (κ3) is 2.24. The molecule has 0 fully saturated rings. The molecule has 0 bridgehead atoms. The van der Waals surface area contributed by atoms with Gasteiger partial charge in [0.25, 0.3) is 5.69 Å². The number of rotatable bonds is 3. The summed E-state index contributed by atoms with van der Waals surface area (Å²) in [7, 11) is 0. The first-order chi connectivity index (χ1) is 6.97.